The van der Waals surface area contributed by atoms with Gasteiger partial charge < -0.3 is 10.4 Å². The van der Waals surface area contributed by atoms with Crippen molar-refractivity contribution in [1.29, 1.82) is 0 Å². The molecule has 0 radical (unpaired) electrons. The first-order chi connectivity index (χ1) is 11.4. The summed E-state index contributed by atoms with van der Waals surface area (Å²) in [5.74, 6) is -0.996. The summed E-state index contributed by atoms with van der Waals surface area (Å²) in [7, 11) is 0. The molecule has 130 valence electrons. The van der Waals surface area contributed by atoms with E-state index >= 15 is 0 Å². The van der Waals surface area contributed by atoms with Crippen LogP contribution >= 0.6 is 0 Å². The number of halogens is 1. The number of rotatable bonds is 8. The van der Waals surface area contributed by atoms with Gasteiger partial charge in [0.15, 0.2) is 11.6 Å². The molecule has 8 nitrogen and oxygen atoms in total. The molecule has 1 aromatic heterocycles. The van der Waals surface area contributed by atoms with Crippen LogP contribution in [0.25, 0.3) is 0 Å². The summed E-state index contributed by atoms with van der Waals surface area (Å²) in [6, 6.07) is 1.00. The van der Waals surface area contributed by atoms with Gasteiger partial charge in [0.2, 0.25) is 0 Å². The van der Waals surface area contributed by atoms with Crippen molar-refractivity contribution in [2.24, 2.45) is 5.92 Å². The Bertz CT molecular complexity index is 646. The molecule has 0 bridgehead atoms. The number of carboxylic acids is 1. The van der Waals surface area contributed by atoms with Gasteiger partial charge in [0.05, 0.1) is 17.5 Å². The molecular formula is C15H19FN4O4. The maximum absolute atomic E-state index is 13.8. The zero-order valence-corrected chi connectivity index (χ0v) is 13.0. The lowest BCUT2D eigenvalue weighted by Gasteiger charge is -2.43. The number of hydrogen-bond acceptors (Lipinski definition) is 6. The Kier molecular flexibility index (Phi) is 4.61. The molecule has 2 N–H and O–H groups in total. The third-order valence-electron chi connectivity index (χ3n) is 4.54. The van der Waals surface area contributed by atoms with Crippen LogP contribution in [-0.2, 0) is 4.79 Å². The Morgan fingerprint density at radius 3 is 2.75 bits per heavy atom. The molecule has 2 aliphatic carbocycles. The third-order valence-corrected chi connectivity index (χ3v) is 4.54. The summed E-state index contributed by atoms with van der Waals surface area (Å²) in [5, 5.41) is 22.5. The Hall–Kier alpha value is -2.29. The van der Waals surface area contributed by atoms with Crippen LogP contribution in [0.2, 0.25) is 0 Å². The van der Waals surface area contributed by atoms with Crippen molar-refractivity contribution in [3.05, 3.63) is 28.2 Å². The molecular weight excluding hydrogens is 319 g/mol. The predicted octanol–water partition coefficient (Wildman–Crippen LogP) is 1.87. The van der Waals surface area contributed by atoms with Gasteiger partial charge in [0.25, 0.3) is 5.69 Å². The Morgan fingerprint density at radius 1 is 1.50 bits per heavy atom. The number of nitro groups is 1. The van der Waals surface area contributed by atoms with Gasteiger partial charge in [-0.2, -0.15) is 0 Å². The predicted molar refractivity (Wildman–Crippen MR) is 83.2 cm³/mol. The average molecular weight is 338 g/mol. The maximum Gasteiger partial charge on any atom is 0.317 e. The Balaban J connectivity index is 1.54. The van der Waals surface area contributed by atoms with E-state index in [4.69, 9.17) is 5.11 Å². The SMILES string of the molecule is O=C(O)CN(CC1CC1)C1CC(Nc2ncc([N+](=O)[O-])cc2F)C1. The lowest BCUT2D eigenvalue weighted by atomic mass is 9.85. The Labute approximate surface area is 137 Å². The van der Waals surface area contributed by atoms with Gasteiger partial charge in [0.1, 0.15) is 6.20 Å². The van der Waals surface area contributed by atoms with E-state index in [9.17, 15) is 19.3 Å². The monoisotopic (exact) mass is 338 g/mol. The highest BCUT2D eigenvalue weighted by Crippen LogP contribution is 2.34. The van der Waals surface area contributed by atoms with Crippen molar-refractivity contribution < 1.29 is 19.2 Å². The summed E-state index contributed by atoms with van der Waals surface area (Å²) in [5.41, 5.74) is -0.387. The standard InChI is InChI=1S/C15H19FN4O4/c16-13-5-12(20(23)24)6-17-15(13)18-10-3-11(4-10)19(8-14(21)22)7-9-1-2-9/h5-6,9-11H,1-4,7-8H2,(H,17,18)(H,21,22). The van der Waals surface area contributed by atoms with Gasteiger partial charge in [0, 0.05) is 18.6 Å². The first kappa shape index (κ1) is 16.6. The number of anilines is 1. The molecule has 2 aliphatic rings. The minimum Gasteiger partial charge on any atom is -0.480 e. The first-order valence-electron chi connectivity index (χ1n) is 7.94. The molecule has 0 aromatic carbocycles. The van der Waals surface area contributed by atoms with Crippen LogP contribution in [0.1, 0.15) is 25.7 Å². The van der Waals surface area contributed by atoms with Crippen molar-refractivity contribution in [2.45, 2.75) is 37.8 Å². The average Bonchev–Trinajstić information content (AvgIpc) is 3.26. The summed E-state index contributed by atoms with van der Waals surface area (Å²) in [4.78, 5) is 26.6. The number of aliphatic carboxylic acids is 1. The molecule has 1 aromatic rings. The second kappa shape index (κ2) is 6.68. The van der Waals surface area contributed by atoms with Crippen LogP contribution in [0.5, 0.6) is 0 Å². The quantitative estimate of drug-likeness (QED) is 0.550. The molecule has 0 amide bonds. The van der Waals surface area contributed by atoms with Crippen molar-refractivity contribution in [2.75, 3.05) is 18.4 Å². The van der Waals surface area contributed by atoms with Gasteiger partial charge in [-0.15, -0.1) is 0 Å². The highest BCUT2D eigenvalue weighted by molar-refractivity contribution is 5.69. The lowest BCUT2D eigenvalue weighted by Crippen LogP contribution is -2.52. The van der Waals surface area contributed by atoms with Gasteiger partial charge in [-0.25, -0.2) is 9.37 Å². The lowest BCUT2D eigenvalue weighted by molar-refractivity contribution is -0.385. The highest BCUT2D eigenvalue weighted by Gasteiger charge is 2.37. The van der Waals surface area contributed by atoms with Gasteiger partial charge in [-0.3, -0.25) is 19.8 Å². The fourth-order valence-electron chi connectivity index (χ4n) is 2.98. The van der Waals surface area contributed by atoms with Crippen LogP contribution in [0.15, 0.2) is 12.3 Å². The number of pyridine rings is 1. The largest absolute Gasteiger partial charge is 0.480 e. The number of aromatic nitrogens is 1. The smallest absolute Gasteiger partial charge is 0.317 e. The van der Waals surface area contributed by atoms with E-state index in [1.165, 1.54) is 0 Å². The van der Waals surface area contributed by atoms with Crippen LogP contribution in [0.3, 0.4) is 0 Å². The van der Waals surface area contributed by atoms with E-state index in [1.54, 1.807) is 0 Å². The molecule has 0 saturated heterocycles. The zero-order valence-electron chi connectivity index (χ0n) is 13.0. The topological polar surface area (TPSA) is 109 Å². The van der Waals surface area contributed by atoms with E-state index in [-0.39, 0.29) is 30.1 Å². The van der Waals surface area contributed by atoms with Crippen LogP contribution in [0.4, 0.5) is 15.9 Å². The minimum absolute atomic E-state index is 0.00368. The summed E-state index contributed by atoms with van der Waals surface area (Å²) < 4.78 is 13.8. The summed E-state index contributed by atoms with van der Waals surface area (Å²) in [6.45, 7) is 0.825. The van der Waals surface area contributed by atoms with Crippen molar-refractivity contribution in [3.8, 4) is 0 Å². The van der Waals surface area contributed by atoms with Crippen molar-refractivity contribution in [1.82, 2.24) is 9.88 Å². The van der Waals surface area contributed by atoms with E-state index < -0.39 is 16.7 Å². The van der Waals surface area contributed by atoms with Gasteiger partial charge >= 0.3 is 5.97 Å². The number of hydrogen-bond donors (Lipinski definition) is 2. The van der Waals surface area contributed by atoms with E-state index in [0.717, 1.165) is 31.6 Å². The highest BCUT2D eigenvalue weighted by atomic mass is 19.1. The third kappa shape index (κ3) is 3.97. The molecule has 3 rings (SSSR count). The number of carbonyl (C=O) groups is 1. The molecule has 1 heterocycles. The summed E-state index contributed by atoms with van der Waals surface area (Å²) >= 11 is 0. The van der Waals surface area contributed by atoms with Gasteiger partial charge in [-0.05, 0) is 31.6 Å². The minimum atomic E-state index is -0.838. The molecule has 0 unspecified atom stereocenters. The number of nitrogens with one attached hydrogen (secondary N) is 1. The molecule has 2 saturated carbocycles. The first-order valence-corrected chi connectivity index (χ1v) is 7.94. The maximum atomic E-state index is 13.8. The van der Waals surface area contributed by atoms with Gasteiger partial charge in [-0.1, -0.05) is 0 Å². The van der Waals surface area contributed by atoms with Crippen molar-refractivity contribution >= 4 is 17.5 Å². The number of carboxylic acid groups (broad SMARTS) is 1. The van der Waals surface area contributed by atoms with E-state index in [2.05, 4.69) is 10.3 Å². The molecule has 2 fully saturated rings. The van der Waals surface area contributed by atoms with Crippen LogP contribution in [-0.4, -0.2) is 51.1 Å². The second-order valence-corrected chi connectivity index (χ2v) is 6.51. The Morgan fingerprint density at radius 2 is 2.21 bits per heavy atom. The molecule has 24 heavy (non-hydrogen) atoms. The van der Waals surface area contributed by atoms with Crippen LogP contribution in [0, 0.1) is 21.8 Å². The van der Waals surface area contributed by atoms with Crippen molar-refractivity contribution in [3.63, 3.8) is 0 Å². The second-order valence-electron chi connectivity index (χ2n) is 6.51. The van der Waals surface area contributed by atoms with Crippen LogP contribution < -0.4 is 5.32 Å². The summed E-state index contributed by atoms with van der Waals surface area (Å²) in [6.07, 6.45) is 4.74. The van der Waals surface area contributed by atoms with E-state index in [0.29, 0.717) is 18.8 Å². The molecule has 0 aliphatic heterocycles. The fourth-order valence-corrected chi connectivity index (χ4v) is 2.98. The fraction of sp³-hybridized carbons (Fsp3) is 0.600. The molecule has 0 spiro atoms. The van der Waals surface area contributed by atoms with E-state index in [1.807, 2.05) is 4.90 Å². The molecule has 9 heteroatoms. The number of nitrogens with zero attached hydrogens (tertiary/aromatic N) is 3. The zero-order chi connectivity index (χ0) is 17.3. The normalized spacial score (nSPS) is 22.9. The molecule has 0 atom stereocenters.